The Morgan fingerprint density at radius 1 is 0.833 bits per heavy atom. The maximum Gasteiger partial charge on any atom is 0.244 e. The quantitative estimate of drug-likeness (QED) is 0.454. The molecule has 0 radical (unpaired) electrons. The molecule has 13 heteroatoms. The Hall–Kier alpha value is -1.27. The zero-order chi connectivity index (χ0) is 26.3. The molecule has 198 valence electrons. The number of methoxy groups -OCH3 is 1. The Bertz CT molecular complexity index is 1350. The second-order valence-corrected chi connectivity index (χ2v) is 14.1. The van der Waals surface area contributed by atoms with E-state index in [-0.39, 0.29) is 37.9 Å². The summed E-state index contributed by atoms with van der Waals surface area (Å²) in [4.78, 5) is 2.03. The van der Waals surface area contributed by atoms with Crippen LogP contribution < -0.4 is 9.64 Å². The summed E-state index contributed by atoms with van der Waals surface area (Å²) < 4.78 is 61.5. The zero-order valence-electron chi connectivity index (χ0n) is 20.0. The molecule has 0 amide bonds. The molecule has 0 bridgehead atoms. The van der Waals surface area contributed by atoms with Gasteiger partial charge in [-0.3, -0.25) is 0 Å². The van der Waals surface area contributed by atoms with Crippen molar-refractivity contribution in [3.05, 3.63) is 45.4 Å². The van der Waals surface area contributed by atoms with Crippen molar-refractivity contribution in [1.29, 1.82) is 0 Å². The van der Waals surface area contributed by atoms with Crippen molar-refractivity contribution in [2.75, 3.05) is 51.3 Å². The van der Waals surface area contributed by atoms with Gasteiger partial charge in [0.05, 0.1) is 32.8 Å². The van der Waals surface area contributed by atoms with Crippen molar-refractivity contribution >= 4 is 60.5 Å². The summed E-state index contributed by atoms with van der Waals surface area (Å²) in [6.45, 7) is 4.06. The van der Waals surface area contributed by atoms with E-state index in [1.165, 1.54) is 27.9 Å². The highest BCUT2D eigenvalue weighted by Gasteiger charge is 2.33. The lowest BCUT2D eigenvalue weighted by atomic mass is 10.0. The molecule has 0 N–H and O–H groups in total. The largest absolute Gasteiger partial charge is 0.495 e. The first-order valence-corrected chi connectivity index (χ1v) is 15.5. The molecule has 0 aromatic heterocycles. The number of hydrogen-bond donors (Lipinski definition) is 0. The molecule has 2 saturated heterocycles. The minimum Gasteiger partial charge on any atom is -0.495 e. The van der Waals surface area contributed by atoms with Gasteiger partial charge >= 0.3 is 0 Å². The van der Waals surface area contributed by atoms with Gasteiger partial charge in [0.25, 0.3) is 0 Å². The van der Waals surface area contributed by atoms with Gasteiger partial charge < -0.3 is 9.64 Å². The number of hydrogen-bond acceptors (Lipinski definition) is 6. The van der Waals surface area contributed by atoms with Gasteiger partial charge in [-0.1, -0.05) is 41.7 Å². The van der Waals surface area contributed by atoms with E-state index in [4.69, 9.17) is 39.5 Å². The number of halogens is 3. The van der Waals surface area contributed by atoms with Crippen molar-refractivity contribution in [2.45, 2.75) is 29.6 Å². The predicted octanol–water partition coefficient (Wildman–Crippen LogP) is 4.59. The Morgan fingerprint density at radius 2 is 1.50 bits per heavy atom. The molecule has 36 heavy (non-hydrogen) atoms. The SMILES string of the molecule is COc1ccc(S(=O)(=O)N2CCC[C@@H](C)C2)cc1N1CCN(S(=O)(=O)c2cc(Cl)c(Cl)cc2Cl)CC1. The van der Waals surface area contributed by atoms with Gasteiger partial charge in [0, 0.05) is 39.3 Å². The van der Waals surface area contributed by atoms with Crippen LogP contribution in [0, 0.1) is 5.92 Å². The van der Waals surface area contributed by atoms with E-state index in [0.717, 1.165) is 12.8 Å². The van der Waals surface area contributed by atoms with Crippen molar-refractivity contribution in [2.24, 2.45) is 5.92 Å². The summed E-state index contributed by atoms with van der Waals surface area (Å²) in [6.07, 6.45) is 1.85. The molecule has 2 aliphatic heterocycles. The van der Waals surface area contributed by atoms with Crippen molar-refractivity contribution in [3.8, 4) is 5.75 Å². The number of anilines is 1. The monoisotopic (exact) mass is 595 g/mol. The lowest BCUT2D eigenvalue weighted by molar-refractivity contribution is 0.281. The van der Waals surface area contributed by atoms with Crippen LogP contribution in [0.2, 0.25) is 15.1 Å². The fraction of sp³-hybridized carbons (Fsp3) is 0.478. The van der Waals surface area contributed by atoms with Gasteiger partial charge in [0.1, 0.15) is 10.6 Å². The van der Waals surface area contributed by atoms with Crippen LogP contribution in [0.25, 0.3) is 0 Å². The minimum atomic E-state index is -3.91. The highest BCUT2D eigenvalue weighted by Crippen LogP contribution is 2.36. The summed E-state index contributed by atoms with van der Waals surface area (Å²) in [5.41, 5.74) is 0.605. The van der Waals surface area contributed by atoms with Crippen LogP contribution in [0.1, 0.15) is 19.8 Å². The molecule has 0 spiro atoms. The van der Waals surface area contributed by atoms with Crippen molar-refractivity contribution < 1.29 is 21.6 Å². The Morgan fingerprint density at radius 3 is 2.14 bits per heavy atom. The van der Waals surface area contributed by atoms with Crippen molar-refractivity contribution in [1.82, 2.24) is 8.61 Å². The molecule has 4 rings (SSSR count). The third-order valence-electron chi connectivity index (χ3n) is 6.58. The predicted molar refractivity (Wildman–Crippen MR) is 143 cm³/mol. The van der Waals surface area contributed by atoms with Crippen LogP contribution in [-0.4, -0.2) is 71.8 Å². The number of rotatable bonds is 6. The van der Waals surface area contributed by atoms with E-state index in [0.29, 0.717) is 43.5 Å². The Balaban J connectivity index is 1.56. The fourth-order valence-electron chi connectivity index (χ4n) is 4.60. The third-order valence-corrected chi connectivity index (χ3v) is 11.5. The van der Waals surface area contributed by atoms with E-state index in [1.807, 2.05) is 4.90 Å². The van der Waals surface area contributed by atoms with E-state index >= 15 is 0 Å². The second kappa shape index (κ2) is 10.8. The average molecular weight is 597 g/mol. The lowest BCUT2D eigenvalue weighted by Gasteiger charge is -2.36. The van der Waals surface area contributed by atoms with Gasteiger partial charge in [-0.2, -0.15) is 8.61 Å². The molecular formula is C23H28Cl3N3O5S2. The first-order valence-electron chi connectivity index (χ1n) is 11.5. The molecule has 2 aliphatic rings. The molecule has 2 fully saturated rings. The summed E-state index contributed by atoms with van der Waals surface area (Å²) in [6, 6.07) is 7.40. The molecule has 2 aromatic rings. The van der Waals surface area contributed by atoms with Gasteiger partial charge in [-0.15, -0.1) is 0 Å². The number of benzene rings is 2. The van der Waals surface area contributed by atoms with Gasteiger partial charge in [0.2, 0.25) is 20.0 Å². The first kappa shape index (κ1) is 27.8. The van der Waals surface area contributed by atoms with Gasteiger partial charge in [-0.05, 0) is 49.1 Å². The smallest absolute Gasteiger partial charge is 0.244 e. The maximum atomic E-state index is 13.3. The van der Waals surface area contributed by atoms with Crippen LogP contribution in [0.5, 0.6) is 5.75 Å². The van der Waals surface area contributed by atoms with Crippen LogP contribution >= 0.6 is 34.8 Å². The lowest BCUT2D eigenvalue weighted by Crippen LogP contribution is -2.48. The van der Waals surface area contributed by atoms with Crippen LogP contribution in [-0.2, 0) is 20.0 Å². The van der Waals surface area contributed by atoms with E-state index < -0.39 is 20.0 Å². The second-order valence-electron chi connectivity index (χ2n) is 9.03. The van der Waals surface area contributed by atoms with Gasteiger partial charge in [0.15, 0.2) is 0 Å². The molecule has 0 saturated carbocycles. The maximum absolute atomic E-state index is 13.3. The highest BCUT2D eigenvalue weighted by molar-refractivity contribution is 7.89. The minimum absolute atomic E-state index is 0.00145. The summed E-state index contributed by atoms with van der Waals surface area (Å²) in [7, 11) is -6.04. The normalized spacial score (nSPS) is 20.5. The summed E-state index contributed by atoms with van der Waals surface area (Å²) in [5.74, 6) is 0.829. The van der Waals surface area contributed by atoms with E-state index in [2.05, 4.69) is 6.92 Å². The molecule has 2 heterocycles. The Labute approximate surface area is 227 Å². The number of sulfonamides is 2. The summed E-state index contributed by atoms with van der Waals surface area (Å²) >= 11 is 18.2. The van der Waals surface area contributed by atoms with Crippen molar-refractivity contribution in [3.63, 3.8) is 0 Å². The van der Waals surface area contributed by atoms with Gasteiger partial charge in [-0.25, -0.2) is 16.8 Å². The number of nitrogens with zero attached hydrogens (tertiary/aromatic N) is 3. The molecule has 2 aromatic carbocycles. The zero-order valence-corrected chi connectivity index (χ0v) is 23.9. The third kappa shape index (κ3) is 5.45. The number of ether oxygens (including phenoxy) is 1. The van der Waals surface area contributed by atoms with Crippen LogP contribution in [0.4, 0.5) is 5.69 Å². The van der Waals surface area contributed by atoms with Crippen LogP contribution in [0.15, 0.2) is 40.1 Å². The fourth-order valence-corrected chi connectivity index (χ4v) is 8.62. The highest BCUT2D eigenvalue weighted by atomic mass is 35.5. The van der Waals surface area contributed by atoms with E-state index in [9.17, 15) is 16.8 Å². The molecule has 8 nitrogen and oxygen atoms in total. The molecule has 0 aliphatic carbocycles. The topological polar surface area (TPSA) is 87.2 Å². The van der Waals surface area contributed by atoms with E-state index in [1.54, 1.807) is 18.2 Å². The molecular weight excluding hydrogens is 569 g/mol. The summed E-state index contributed by atoms with van der Waals surface area (Å²) in [5, 5.41) is 0.272. The first-order chi connectivity index (χ1) is 16.9. The van der Waals surface area contributed by atoms with Crippen LogP contribution in [0.3, 0.4) is 0 Å². The Kier molecular flexibility index (Phi) is 8.36. The standard InChI is InChI=1S/C23H28Cl3N3O5S2/c1-16-4-3-7-29(15-16)35(30,31)17-5-6-22(34-2)21(12-17)27-8-10-28(11-9-27)36(32,33)23-14-19(25)18(24)13-20(23)26/h5-6,12-14,16H,3-4,7-11,15H2,1-2H3/t16-/m1/s1. The average Bonchev–Trinajstić information content (AvgIpc) is 2.85. The number of piperidine rings is 1. The number of piperazine rings is 1. The molecule has 0 unspecified atom stereocenters. The molecule has 1 atom stereocenters.